The molecule has 0 saturated carbocycles. The number of hydrogen-bond donors (Lipinski definition) is 3. The molecular formula is C38H75NO3. The smallest absolute Gasteiger partial charge is 0.220 e. The number of unbranched alkanes of at least 4 members (excludes halogenated alkanes) is 27. The molecule has 0 rings (SSSR count). The molecule has 0 heterocycles. The van der Waals surface area contributed by atoms with Gasteiger partial charge < -0.3 is 15.5 Å². The summed E-state index contributed by atoms with van der Waals surface area (Å²) < 4.78 is 0. The minimum Gasteiger partial charge on any atom is -0.394 e. The molecule has 0 aliphatic carbocycles. The summed E-state index contributed by atoms with van der Waals surface area (Å²) in [5, 5.41) is 22.9. The lowest BCUT2D eigenvalue weighted by Crippen LogP contribution is -2.45. The maximum absolute atomic E-state index is 12.3. The number of aliphatic hydroxyl groups excluding tert-OH is 2. The quantitative estimate of drug-likeness (QED) is 0.0513. The molecule has 0 aliphatic heterocycles. The monoisotopic (exact) mass is 594 g/mol. The zero-order chi connectivity index (χ0) is 30.8. The van der Waals surface area contributed by atoms with Crippen LogP contribution in [0.15, 0.2) is 12.2 Å². The van der Waals surface area contributed by atoms with Crippen LogP contribution in [0.2, 0.25) is 0 Å². The first kappa shape index (κ1) is 41.1. The highest BCUT2D eigenvalue weighted by molar-refractivity contribution is 5.76. The third kappa shape index (κ3) is 30.6. The Kier molecular flexibility index (Phi) is 33.9. The van der Waals surface area contributed by atoms with E-state index in [1.165, 1.54) is 161 Å². The Bertz CT molecular complexity index is 565. The fraction of sp³-hybridized carbons (Fsp3) is 0.921. The van der Waals surface area contributed by atoms with Crippen molar-refractivity contribution < 1.29 is 15.0 Å². The fourth-order valence-electron chi connectivity index (χ4n) is 5.82. The summed E-state index contributed by atoms with van der Waals surface area (Å²) in [7, 11) is 0. The van der Waals surface area contributed by atoms with E-state index in [1.54, 1.807) is 6.08 Å². The molecule has 3 N–H and O–H groups in total. The van der Waals surface area contributed by atoms with Gasteiger partial charge >= 0.3 is 0 Å². The Morgan fingerprint density at radius 3 is 1.24 bits per heavy atom. The van der Waals surface area contributed by atoms with E-state index >= 15 is 0 Å². The number of amides is 1. The van der Waals surface area contributed by atoms with Crippen molar-refractivity contribution in [3.8, 4) is 0 Å². The van der Waals surface area contributed by atoms with E-state index in [0.717, 1.165) is 25.7 Å². The van der Waals surface area contributed by atoms with Crippen LogP contribution in [0.4, 0.5) is 0 Å². The molecular weight excluding hydrogens is 518 g/mol. The maximum atomic E-state index is 12.3. The van der Waals surface area contributed by atoms with Crippen molar-refractivity contribution in [1.82, 2.24) is 5.32 Å². The fourth-order valence-corrected chi connectivity index (χ4v) is 5.82. The SMILES string of the molecule is CCCCCCCCCCCCCCCCCC/C=C/C(O)C(CO)NC(=O)CCCCCCCCCCCCCC. The highest BCUT2D eigenvalue weighted by Gasteiger charge is 2.17. The second-order valence-electron chi connectivity index (χ2n) is 13.0. The molecule has 0 aromatic heterocycles. The van der Waals surface area contributed by atoms with Crippen LogP contribution in [0.3, 0.4) is 0 Å². The van der Waals surface area contributed by atoms with Crippen molar-refractivity contribution in [3.05, 3.63) is 12.2 Å². The zero-order valence-electron chi connectivity index (χ0n) is 28.5. The van der Waals surface area contributed by atoms with Crippen LogP contribution in [0.25, 0.3) is 0 Å². The van der Waals surface area contributed by atoms with Gasteiger partial charge in [-0.15, -0.1) is 0 Å². The first-order chi connectivity index (χ1) is 20.7. The van der Waals surface area contributed by atoms with Crippen molar-refractivity contribution in [2.75, 3.05) is 6.61 Å². The van der Waals surface area contributed by atoms with Crippen LogP contribution < -0.4 is 5.32 Å². The van der Waals surface area contributed by atoms with Gasteiger partial charge in [0.05, 0.1) is 18.8 Å². The molecule has 0 aromatic carbocycles. The minimum atomic E-state index is -0.831. The Hall–Kier alpha value is -0.870. The maximum Gasteiger partial charge on any atom is 0.220 e. The molecule has 2 atom stereocenters. The highest BCUT2D eigenvalue weighted by Crippen LogP contribution is 2.15. The summed E-state index contributed by atoms with van der Waals surface area (Å²) in [5.74, 6) is -0.0635. The van der Waals surface area contributed by atoms with E-state index in [0.29, 0.717) is 6.42 Å². The first-order valence-electron chi connectivity index (χ1n) is 18.9. The molecule has 2 unspecified atom stereocenters. The number of rotatable bonds is 34. The lowest BCUT2D eigenvalue weighted by atomic mass is 10.0. The van der Waals surface area contributed by atoms with Gasteiger partial charge in [0, 0.05) is 6.42 Å². The van der Waals surface area contributed by atoms with E-state index in [9.17, 15) is 15.0 Å². The highest BCUT2D eigenvalue weighted by atomic mass is 16.3. The van der Waals surface area contributed by atoms with Crippen LogP contribution in [-0.2, 0) is 4.79 Å². The molecule has 0 radical (unpaired) electrons. The van der Waals surface area contributed by atoms with Crippen molar-refractivity contribution in [1.29, 1.82) is 0 Å². The van der Waals surface area contributed by atoms with Crippen LogP contribution in [0, 0.1) is 0 Å². The van der Waals surface area contributed by atoms with Crippen molar-refractivity contribution >= 4 is 5.91 Å². The van der Waals surface area contributed by atoms with Crippen molar-refractivity contribution in [2.24, 2.45) is 0 Å². The van der Waals surface area contributed by atoms with E-state index in [4.69, 9.17) is 0 Å². The number of allylic oxidation sites excluding steroid dienone is 1. The number of hydrogen-bond acceptors (Lipinski definition) is 3. The molecule has 0 aliphatic rings. The molecule has 0 spiro atoms. The Morgan fingerprint density at radius 2 is 0.881 bits per heavy atom. The number of nitrogens with one attached hydrogen (secondary N) is 1. The summed E-state index contributed by atoms with van der Waals surface area (Å²) in [6.45, 7) is 4.30. The molecule has 4 nitrogen and oxygen atoms in total. The van der Waals surface area contributed by atoms with Gasteiger partial charge in [0.25, 0.3) is 0 Å². The molecule has 0 fully saturated rings. The minimum absolute atomic E-state index is 0.0635. The third-order valence-electron chi connectivity index (χ3n) is 8.77. The average molecular weight is 594 g/mol. The van der Waals surface area contributed by atoms with E-state index < -0.39 is 12.1 Å². The summed E-state index contributed by atoms with van der Waals surface area (Å²) >= 11 is 0. The second kappa shape index (κ2) is 34.6. The van der Waals surface area contributed by atoms with Gasteiger partial charge in [0.1, 0.15) is 0 Å². The summed E-state index contributed by atoms with van der Waals surface area (Å²) in [6, 6.07) is -0.614. The average Bonchev–Trinajstić information content (AvgIpc) is 2.99. The van der Waals surface area contributed by atoms with Crippen LogP contribution in [0.1, 0.15) is 206 Å². The topological polar surface area (TPSA) is 69.6 Å². The van der Waals surface area contributed by atoms with Gasteiger partial charge in [-0.3, -0.25) is 4.79 Å². The lowest BCUT2D eigenvalue weighted by molar-refractivity contribution is -0.123. The molecule has 250 valence electrons. The van der Waals surface area contributed by atoms with Gasteiger partial charge in [-0.05, 0) is 19.3 Å². The van der Waals surface area contributed by atoms with Gasteiger partial charge in [-0.1, -0.05) is 193 Å². The first-order valence-corrected chi connectivity index (χ1v) is 18.9. The Balaban J connectivity index is 3.58. The predicted molar refractivity (Wildman–Crippen MR) is 184 cm³/mol. The van der Waals surface area contributed by atoms with Crippen molar-refractivity contribution in [3.63, 3.8) is 0 Å². The molecule has 1 amide bonds. The largest absolute Gasteiger partial charge is 0.394 e. The van der Waals surface area contributed by atoms with Gasteiger partial charge in [-0.2, -0.15) is 0 Å². The summed E-state index contributed by atoms with van der Waals surface area (Å²) in [4.78, 5) is 12.3. The normalized spacial score (nSPS) is 13.1. The molecule has 0 aromatic rings. The number of carbonyl (C=O) groups is 1. The standard InChI is InChI=1S/C38H75NO3/c1-3-5-7-9-11-13-15-17-18-19-20-21-22-23-25-27-29-31-33-37(41)36(35-40)39-38(42)34-32-30-28-26-24-16-14-12-10-8-6-4-2/h31,33,36-37,40-41H,3-30,32,34-35H2,1-2H3,(H,39,42)/b33-31+. The second-order valence-corrected chi connectivity index (χ2v) is 13.0. The lowest BCUT2D eigenvalue weighted by Gasteiger charge is -2.20. The van der Waals surface area contributed by atoms with E-state index in [2.05, 4.69) is 19.2 Å². The van der Waals surface area contributed by atoms with Crippen LogP contribution in [0.5, 0.6) is 0 Å². The van der Waals surface area contributed by atoms with Gasteiger partial charge in [-0.25, -0.2) is 0 Å². The van der Waals surface area contributed by atoms with E-state index in [-0.39, 0.29) is 12.5 Å². The Labute approximate surface area is 263 Å². The van der Waals surface area contributed by atoms with E-state index in [1.807, 2.05) is 6.08 Å². The molecule has 0 bridgehead atoms. The van der Waals surface area contributed by atoms with Crippen LogP contribution in [-0.4, -0.2) is 34.9 Å². The Morgan fingerprint density at radius 1 is 0.548 bits per heavy atom. The molecule has 42 heavy (non-hydrogen) atoms. The van der Waals surface area contributed by atoms with Gasteiger partial charge in [0.15, 0.2) is 0 Å². The number of aliphatic hydroxyl groups is 2. The predicted octanol–water partition coefficient (Wildman–Crippen LogP) is 11.1. The van der Waals surface area contributed by atoms with Crippen molar-refractivity contribution in [2.45, 2.75) is 219 Å². The summed E-state index contributed by atoms with van der Waals surface area (Å²) in [5.41, 5.74) is 0. The number of carbonyl (C=O) groups excluding carboxylic acids is 1. The van der Waals surface area contributed by atoms with Gasteiger partial charge in [0.2, 0.25) is 5.91 Å². The molecule has 0 saturated heterocycles. The molecule has 4 heteroatoms. The third-order valence-corrected chi connectivity index (χ3v) is 8.77. The summed E-state index contributed by atoms with van der Waals surface area (Å²) in [6.07, 6.45) is 41.5. The van der Waals surface area contributed by atoms with Crippen LogP contribution >= 0.6 is 0 Å². The zero-order valence-corrected chi connectivity index (χ0v) is 28.5.